The van der Waals surface area contributed by atoms with E-state index in [9.17, 15) is 10.1 Å². The average molecular weight is 360 g/mol. The van der Waals surface area contributed by atoms with Crippen molar-refractivity contribution >= 4 is 11.5 Å². The first-order valence-electron chi connectivity index (χ1n) is 8.43. The molecule has 26 heavy (non-hydrogen) atoms. The molecule has 0 saturated carbocycles. The molecule has 8 nitrogen and oxygen atoms in total. The Bertz CT molecular complexity index is 665. The van der Waals surface area contributed by atoms with E-state index in [2.05, 4.69) is 16.8 Å². The standard InChI is InChI=1S/C11H16N4O2.C7H9N.H3N/c1-2-10-9(12)5-6-14(10)8-3-4-11(13-7-8)15(16)17;8-6-7-4-2-1-3-5-7;/h3-4,7,9-10H,2,5-6,12H2,1H3;1-5H,6,8H2;1H3. The maximum Gasteiger partial charge on any atom is 0.363 e. The van der Waals surface area contributed by atoms with Gasteiger partial charge in [-0.3, -0.25) is 0 Å². The van der Waals surface area contributed by atoms with Gasteiger partial charge < -0.3 is 32.6 Å². The molecule has 1 aromatic heterocycles. The van der Waals surface area contributed by atoms with E-state index in [1.807, 2.05) is 30.3 Å². The van der Waals surface area contributed by atoms with Crippen molar-refractivity contribution in [3.8, 4) is 0 Å². The van der Waals surface area contributed by atoms with Crippen molar-refractivity contribution < 1.29 is 4.92 Å². The third kappa shape index (κ3) is 5.48. The van der Waals surface area contributed by atoms with Crippen LogP contribution in [0.5, 0.6) is 0 Å². The highest BCUT2D eigenvalue weighted by Crippen LogP contribution is 2.26. The minimum absolute atomic E-state index is 0. The van der Waals surface area contributed by atoms with Crippen molar-refractivity contribution in [2.45, 2.75) is 38.4 Å². The predicted molar refractivity (Wildman–Crippen MR) is 104 cm³/mol. The monoisotopic (exact) mass is 360 g/mol. The van der Waals surface area contributed by atoms with E-state index in [-0.39, 0.29) is 18.0 Å². The first kappa shape index (κ1) is 21.5. The number of nitrogens with zero attached hydrogens (tertiary/aromatic N) is 3. The molecule has 0 spiro atoms. The quantitative estimate of drug-likeness (QED) is 0.561. The van der Waals surface area contributed by atoms with Gasteiger partial charge in [0.2, 0.25) is 0 Å². The highest BCUT2D eigenvalue weighted by molar-refractivity contribution is 5.49. The summed E-state index contributed by atoms with van der Waals surface area (Å²) in [6.07, 6.45) is 3.48. The summed E-state index contributed by atoms with van der Waals surface area (Å²) >= 11 is 0. The van der Waals surface area contributed by atoms with Crippen molar-refractivity contribution in [3.05, 3.63) is 64.3 Å². The van der Waals surface area contributed by atoms with Crippen LogP contribution in [-0.4, -0.2) is 28.5 Å². The van der Waals surface area contributed by atoms with Crippen LogP contribution in [-0.2, 0) is 6.54 Å². The Balaban J connectivity index is 0.000000318. The number of benzene rings is 1. The van der Waals surface area contributed by atoms with Gasteiger partial charge in [-0.05, 0) is 34.4 Å². The van der Waals surface area contributed by atoms with E-state index in [4.69, 9.17) is 11.5 Å². The normalized spacial score (nSPS) is 18.5. The summed E-state index contributed by atoms with van der Waals surface area (Å²) in [4.78, 5) is 16.0. The van der Waals surface area contributed by atoms with Gasteiger partial charge in [-0.25, -0.2) is 0 Å². The summed E-state index contributed by atoms with van der Waals surface area (Å²) in [5.41, 5.74) is 13.5. The van der Waals surface area contributed by atoms with Crippen LogP contribution < -0.4 is 22.5 Å². The van der Waals surface area contributed by atoms with Crippen molar-refractivity contribution in [2.75, 3.05) is 11.4 Å². The van der Waals surface area contributed by atoms with Crippen LogP contribution >= 0.6 is 0 Å². The van der Waals surface area contributed by atoms with Gasteiger partial charge in [-0.2, -0.15) is 0 Å². The summed E-state index contributed by atoms with van der Waals surface area (Å²) in [7, 11) is 0. The molecule has 1 aliphatic heterocycles. The van der Waals surface area contributed by atoms with E-state index in [0.717, 1.165) is 25.1 Å². The molecule has 1 aliphatic rings. The maximum atomic E-state index is 10.5. The minimum Gasteiger partial charge on any atom is -0.364 e. The largest absolute Gasteiger partial charge is 0.364 e. The second-order valence-corrected chi connectivity index (χ2v) is 5.94. The zero-order valence-electron chi connectivity index (χ0n) is 15.1. The second-order valence-electron chi connectivity index (χ2n) is 5.94. The van der Waals surface area contributed by atoms with Gasteiger partial charge in [0, 0.05) is 31.2 Å². The van der Waals surface area contributed by atoms with E-state index >= 15 is 0 Å². The lowest BCUT2D eigenvalue weighted by atomic mass is 10.1. The number of nitro groups is 1. The molecule has 7 N–H and O–H groups in total. The van der Waals surface area contributed by atoms with E-state index in [1.165, 1.54) is 11.6 Å². The Kier molecular flexibility index (Phi) is 8.63. The molecule has 8 heteroatoms. The second kappa shape index (κ2) is 10.4. The Labute approximate surface area is 153 Å². The molecule has 2 atom stereocenters. The summed E-state index contributed by atoms with van der Waals surface area (Å²) in [6.45, 7) is 3.63. The van der Waals surface area contributed by atoms with Gasteiger partial charge >= 0.3 is 5.82 Å². The van der Waals surface area contributed by atoms with Crippen LogP contribution in [0.4, 0.5) is 11.5 Å². The smallest absolute Gasteiger partial charge is 0.363 e. The fourth-order valence-electron chi connectivity index (χ4n) is 2.99. The number of anilines is 1. The van der Waals surface area contributed by atoms with Crippen molar-refractivity contribution in [3.63, 3.8) is 0 Å². The maximum absolute atomic E-state index is 10.5. The first-order valence-corrected chi connectivity index (χ1v) is 8.43. The van der Waals surface area contributed by atoms with Gasteiger partial charge in [0.05, 0.1) is 5.69 Å². The van der Waals surface area contributed by atoms with Crippen LogP contribution in [0.25, 0.3) is 0 Å². The van der Waals surface area contributed by atoms with Crippen LogP contribution in [0.1, 0.15) is 25.3 Å². The molecule has 1 saturated heterocycles. The number of nitrogens with two attached hydrogens (primary N) is 2. The van der Waals surface area contributed by atoms with Crippen LogP contribution in [0.3, 0.4) is 0 Å². The van der Waals surface area contributed by atoms with Crippen molar-refractivity contribution in [2.24, 2.45) is 11.5 Å². The zero-order chi connectivity index (χ0) is 18.2. The molecule has 0 bridgehead atoms. The summed E-state index contributed by atoms with van der Waals surface area (Å²) in [5.74, 6) is -0.120. The predicted octanol–water partition coefficient (Wildman–Crippen LogP) is 2.61. The van der Waals surface area contributed by atoms with E-state index < -0.39 is 4.92 Å². The number of aromatic nitrogens is 1. The van der Waals surface area contributed by atoms with Gasteiger partial charge in [0.25, 0.3) is 0 Å². The lowest BCUT2D eigenvalue weighted by Gasteiger charge is -2.26. The average Bonchev–Trinajstić information content (AvgIpc) is 3.03. The lowest BCUT2D eigenvalue weighted by molar-refractivity contribution is -0.389. The van der Waals surface area contributed by atoms with Crippen LogP contribution in [0, 0.1) is 10.1 Å². The van der Waals surface area contributed by atoms with E-state index in [0.29, 0.717) is 12.6 Å². The Hall–Kier alpha value is -2.55. The molecule has 2 heterocycles. The minimum atomic E-state index is -0.489. The third-order valence-electron chi connectivity index (χ3n) is 4.35. The molecule has 0 amide bonds. The molecule has 2 unspecified atom stereocenters. The van der Waals surface area contributed by atoms with Crippen molar-refractivity contribution in [1.29, 1.82) is 0 Å². The van der Waals surface area contributed by atoms with Gasteiger partial charge in [-0.1, -0.05) is 37.3 Å². The Morgan fingerprint density at radius 3 is 2.42 bits per heavy atom. The first-order chi connectivity index (χ1) is 12.1. The zero-order valence-corrected chi connectivity index (χ0v) is 15.1. The van der Waals surface area contributed by atoms with Gasteiger partial charge in [0.1, 0.15) is 0 Å². The molecular weight excluding hydrogens is 332 g/mol. The molecule has 2 aromatic rings. The molecule has 0 aliphatic carbocycles. The molecule has 142 valence electrons. The third-order valence-corrected chi connectivity index (χ3v) is 4.35. The summed E-state index contributed by atoms with van der Waals surface area (Å²) in [6, 6.07) is 13.6. The van der Waals surface area contributed by atoms with Crippen LogP contribution in [0.2, 0.25) is 0 Å². The Morgan fingerprint density at radius 2 is 1.96 bits per heavy atom. The molecule has 0 radical (unpaired) electrons. The lowest BCUT2D eigenvalue weighted by Crippen LogP contribution is -2.38. The highest BCUT2D eigenvalue weighted by Gasteiger charge is 2.31. The summed E-state index contributed by atoms with van der Waals surface area (Å²) in [5, 5.41) is 10.5. The molecule has 3 rings (SSSR count). The van der Waals surface area contributed by atoms with E-state index in [1.54, 1.807) is 12.3 Å². The summed E-state index contributed by atoms with van der Waals surface area (Å²) < 4.78 is 0. The highest BCUT2D eigenvalue weighted by atomic mass is 16.6. The fourth-order valence-corrected chi connectivity index (χ4v) is 2.99. The number of hydrogen-bond acceptors (Lipinski definition) is 7. The number of pyridine rings is 1. The number of rotatable bonds is 4. The fraction of sp³-hybridized carbons (Fsp3) is 0.389. The van der Waals surface area contributed by atoms with Gasteiger partial charge in [-0.15, -0.1) is 0 Å². The molecule has 1 aromatic carbocycles. The topological polar surface area (TPSA) is 146 Å². The number of hydrogen-bond donors (Lipinski definition) is 3. The molecular formula is C18H28N6O2. The molecule has 1 fully saturated rings. The SMILES string of the molecule is CCC1C(N)CCN1c1ccc([N+](=O)[O-])nc1.N.NCc1ccccc1. The Morgan fingerprint density at radius 1 is 1.27 bits per heavy atom. The van der Waals surface area contributed by atoms with Crippen LogP contribution in [0.15, 0.2) is 48.7 Å². The van der Waals surface area contributed by atoms with Gasteiger partial charge in [0.15, 0.2) is 6.20 Å². The van der Waals surface area contributed by atoms with Crippen molar-refractivity contribution in [1.82, 2.24) is 11.1 Å².